The molecule has 0 unspecified atom stereocenters. The number of nitro groups is 1. The molecule has 1 aromatic rings. The summed E-state index contributed by atoms with van der Waals surface area (Å²) in [7, 11) is -3.96. The number of hydrogen-bond acceptors (Lipinski definition) is 6. The number of nitro benzene ring substituents is 1. The first-order chi connectivity index (χ1) is 9.29. The lowest BCUT2D eigenvalue weighted by molar-refractivity contribution is -0.384. The fourth-order valence-corrected chi connectivity index (χ4v) is 2.66. The first-order valence-corrected chi connectivity index (χ1v) is 7.51. The van der Waals surface area contributed by atoms with Crippen molar-refractivity contribution in [3.63, 3.8) is 0 Å². The van der Waals surface area contributed by atoms with E-state index in [9.17, 15) is 18.5 Å². The topological polar surface area (TPSA) is 116 Å². The predicted molar refractivity (Wildman–Crippen MR) is 72.1 cm³/mol. The van der Waals surface area contributed by atoms with Gasteiger partial charge in [0.15, 0.2) is 0 Å². The van der Waals surface area contributed by atoms with Crippen LogP contribution in [0.25, 0.3) is 0 Å². The van der Waals surface area contributed by atoms with E-state index in [1.54, 1.807) is 4.90 Å². The third-order valence-electron chi connectivity index (χ3n) is 3.05. The molecule has 2 N–H and O–H groups in total. The number of primary sulfonamides is 1. The standard InChI is InChI=1S/C11H15N3O5S/c1-8-7-13(4-5-19-8)10-3-2-9(20(12,17)18)6-11(10)14(15)16/h2-3,6,8H,4-5,7H2,1H3,(H2,12,17,18)/t8-/m0/s1. The zero-order valence-corrected chi connectivity index (χ0v) is 11.7. The zero-order chi connectivity index (χ0) is 14.9. The molecule has 20 heavy (non-hydrogen) atoms. The van der Waals surface area contributed by atoms with Gasteiger partial charge in [0.25, 0.3) is 5.69 Å². The number of benzene rings is 1. The van der Waals surface area contributed by atoms with Crippen LogP contribution < -0.4 is 10.0 Å². The number of rotatable bonds is 3. The molecule has 1 aliphatic heterocycles. The van der Waals surface area contributed by atoms with E-state index in [-0.39, 0.29) is 16.7 Å². The van der Waals surface area contributed by atoms with Gasteiger partial charge in [0, 0.05) is 19.2 Å². The average Bonchev–Trinajstić information content (AvgIpc) is 2.37. The number of nitrogens with zero attached hydrogens (tertiary/aromatic N) is 2. The summed E-state index contributed by atoms with van der Waals surface area (Å²) >= 11 is 0. The minimum Gasteiger partial charge on any atom is -0.375 e. The van der Waals surface area contributed by atoms with Gasteiger partial charge in [-0.25, -0.2) is 13.6 Å². The molecule has 0 bridgehead atoms. The molecule has 2 rings (SSSR count). The van der Waals surface area contributed by atoms with Gasteiger partial charge >= 0.3 is 0 Å². The van der Waals surface area contributed by atoms with Crippen molar-refractivity contribution in [2.24, 2.45) is 5.14 Å². The molecule has 1 saturated heterocycles. The monoisotopic (exact) mass is 301 g/mol. The van der Waals surface area contributed by atoms with Gasteiger partial charge in [0.05, 0.1) is 22.5 Å². The molecule has 0 amide bonds. The van der Waals surface area contributed by atoms with E-state index in [4.69, 9.17) is 9.88 Å². The lowest BCUT2D eigenvalue weighted by Crippen LogP contribution is -2.41. The summed E-state index contributed by atoms with van der Waals surface area (Å²) in [5, 5.41) is 16.1. The number of anilines is 1. The SMILES string of the molecule is C[C@H]1CN(c2ccc(S(N)(=O)=O)cc2[N+](=O)[O-])CCO1. The molecule has 0 aliphatic carbocycles. The fraction of sp³-hybridized carbons (Fsp3) is 0.455. The summed E-state index contributed by atoms with van der Waals surface area (Å²) in [6.07, 6.45) is -0.0405. The minimum absolute atomic E-state index is 0.0405. The van der Waals surface area contributed by atoms with Crippen molar-refractivity contribution in [3.05, 3.63) is 28.3 Å². The Morgan fingerprint density at radius 3 is 2.75 bits per heavy atom. The van der Waals surface area contributed by atoms with Crippen molar-refractivity contribution in [1.29, 1.82) is 0 Å². The van der Waals surface area contributed by atoms with Crippen molar-refractivity contribution in [1.82, 2.24) is 0 Å². The van der Waals surface area contributed by atoms with E-state index in [1.807, 2.05) is 6.92 Å². The normalized spacial score (nSPS) is 19.9. The van der Waals surface area contributed by atoms with Gasteiger partial charge in [-0.2, -0.15) is 0 Å². The lowest BCUT2D eigenvalue weighted by atomic mass is 10.2. The molecule has 1 atom stereocenters. The van der Waals surface area contributed by atoms with Crippen molar-refractivity contribution in [2.45, 2.75) is 17.9 Å². The summed E-state index contributed by atoms with van der Waals surface area (Å²) in [6.45, 7) is 3.36. The van der Waals surface area contributed by atoms with Crippen LogP contribution in [0.4, 0.5) is 11.4 Å². The van der Waals surface area contributed by atoms with Crippen molar-refractivity contribution in [3.8, 4) is 0 Å². The van der Waals surface area contributed by atoms with Crippen molar-refractivity contribution < 1.29 is 18.1 Å². The number of hydrogen-bond donors (Lipinski definition) is 1. The van der Waals surface area contributed by atoms with Crippen LogP contribution in [0.5, 0.6) is 0 Å². The van der Waals surface area contributed by atoms with E-state index < -0.39 is 14.9 Å². The molecule has 1 fully saturated rings. The molecule has 9 heteroatoms. The third-order valence-corrected chi connectivity index (χ3v) is 3.96. The Morgan fingerprint density at radius 2 is 2.20 bits per heavy atom. The maximum absolute atomic E-state index is 11.3. The van der Waals surface area contributed by atoms with Crippen LogP contribution in [0.15, 0.2) is 23.1 Å². The molecule has 0 saturated carbocycles. The zero-order valence-electron chi connectivity index (χ0n) is 10.9. The van der Waals surface area contributed by atoms with Gasteiger partial charge in [-0.1, -0.05) is 0 Å². The first kappa shape index (κ1) is 14.7. The molecule has 0 spiro atoms. The van der Waals surface area contributed by atoms with E-state index in [1.165, 1.54) is 12.1 Å². The van der Waals surface area contributed by atoms with Gasteiger partial charge in [0.2, 0.25) is 10.0 Å². The number of ether oxygens (including phenoxy) is 1. The lowest BCUT2D eigenvalue weighted by Gasteiger charge is -2.32. The summed E-state index contributed by atoms with van der Waals surface area (Å²) < 4.78 is 27.9. The van der Waals surface area contributed by atoms with Crippen LogP contribution in [-0.2, 0) is 14.8 Å². The largest absolute Gasteiger partial charge is 0.375 e. The highest BCUT2D eigenvalue weighted by atomic mass is 32.2. The Kier molecular flexibility index (Phi) is 3.93. The van der Waals surface area contributed by atoms with Crippen LogP contribution in [0, 0.1) is 10.1 Å². The molecular weight excluding hydrogens is 286 g/mol. The fourth-order valence-electron chi connectivity index (χ4n) is 2.13. The predicted octanol–water partition coefficient (Wildman–Crippen LogP) is 0.467. The highest BCUT2D eigenvalue weighted by molar-refractivity contribution is 7.89. The highest BCUT2D eigenvalue weighted by Crippen LogP contribution is 2.31. The van der Waals surface area contributed by atoms with Crippen LogP contribution in [0.3, 0.4) is 0 Å². The molecular formula is C11H15N3O5S. The van der Waals surface area contributed by atoms with Crippen LogP contribution >= 0.6 is 0 Å². The highest BCUT2D eigenvalue weighted by Gasteiger charge is 2.25. The molecule has 0 aromatic heterocycles. The van der Waals surface area contributed by atoms with Gasteiger partial charge in [-0.15, -0.1) is 0 Å². The van der Waals surface area contributed by atoms with Gasteiger partial charge in [-0.3, -0.25) is 10.1 Å². The Morgan fingerprint density at radius 1 is 1.50 bits per heavy atom. The van der Waals surface area contributed by atoms with Gasteiger partial charge in [0.1, 0.15) is 5.69 Å². The van der Waals surface area contributed by atoms with Crippen LogP contribution in [-0.4, -0.2) is 39.1 Å². The van der Waals surface area contributed by atoms with E-state index in [0.717, 1.165) is 6.07 Å². The van der Waals surface area contributed by atoms with Gasteiger partial charge < -0.3 is 9.64 Å². The van der Waals surface area contributed by atoms with Crippen LogP contribution in [0.2, 0.25) is 0 Å². The van der Waals surface area contributed by atoms with Crippen molar-refractivity contribution >= 4 is 21.4 Å². The minimum atomic E-state index is -3.96. The third kappa shape index (κ3) is 3.06. The van der Waals surface area contributed by atoms with E-state index >= 15 is 0 Å². The van der Waals surface area contributed by atoms with E-state index in [2.05, 4.69) is 0 Å². The quantitative estimate of drug-likeness (QED) is 0.640. The number of morpholine rings is 1. The molecule has 110 valence electrons. The maximum Gasteiger partial charge on any atom is 0.293 e. The molecule has 1 aliphatic rings. The van der Waals surface area contributed by atoms with Gasteiger partial charge in [-0.05, 0) is 19.1 Å². The molecule has 0 radical (unpaired) electrons. The maximum atomic E-state index is 11.3. The second-order valence-electron chi connectivity index (χ2n) is 4.58. The second kappa shape index (κ2) is 5.35. The summed E-state index contributed by atoms with van der Waals surface area (Å²) in [5.41, 5.74) is 0.100. The smallest absolute Gasteiger partial charge is 0.293 e. The Bertz CT molecular complexity index is 631. The summed E-state index contributed by atoms with van der Waals surface area (Å²) in [4.78, 5) is 12.1. The van der Waals surface area contributed by atoms with Crippen LogP contribution in [0.1, 0.15) is 6.92 Å². The summed E-state index contributed by atoms with van der Waals surface area (Å²) in [6, 6.07) is 3.68. The molecule has 1 aromatic carbocycles. The Hall–Kier alpha value is -1.71. The Balaban J connectivity index is 2.45. The summed E-state index contributed by atoms with van der Waals surface area (Å²) in [5.74, 6) is 0. The molecule has 1 heterocycles. The van der Waals surface area contributed by atoms with Crippen molar-refractivity contribution in [2.75, 3.05) is 24.6 Å². The number of nitrogens with two attached hydrogens (primary N) is 1. The number of sulfonamides is 1. The van der Waals surface area contributed by atoms with E-state index in [0.29, 0.717) is 25.4 Å². The first-order valence-electron chi connectivity index (χ1n) is 5.97. The second-order valence-corrected chi connectivity index (χ2v) is 6.14. The molecule has 8 nitrogen and oxygen atoms in total. The Labute approximate surface area is 116 Å². The average molecular weight is 301 g/mol.